The van der Waals surface area contributed by atoms with Crippen LogP contribution in [0.5, 0.6) is 0 Å². The second-order valence-electron chi connectivity index (χ2n) is 6.65. The van der Waals surface area contributed by atoms with E-state index in [0.29, 0.717) is 11.8 Å². The maximum absolute atomic E-state index is 6.63. The molecule has 0 fully saturated rings. The second kappa shape index (κ2) is 7.46. The van der Waals surface area contributed by atoms with Gasteiger partial charge in [0.25, 0.3) is 0 Å². The molecule has 2 aromatic rings. The molecule has 4 heteroatoms. The van der Waals surface area contributed by atoms with Crippen molar-refractivity contribution in [1.29, 1.82) is 0 Å². The van der Waals surface area contributed by atoms with Gasteiger partial charge in [-0.1, -0.05) is 0 Å². The first-order valence-electron chi connectivity index (χ1n) is 8.44. The van der Waals surface area contributed by atoms with Crippen LogP contribution < -0.4 is 0 Å². The van der Waals surface area contributed by atoms with Crippen LogP contribution in [0, 0.1) is 0 Å². The molecule has 2 aliphatic rings. The van der Waals surface area contributed by atoms with Gasteiger partial charge in [-0.05, 0) is 0 Å². The van der Waals surface area contributed by atoms with E-state index in [-0.39, 0.29) is 0 Å². The van der Waals surface area contributed by atoms with Gasteiger partial charge in [-0.2, -0.15) is 0 Å². The van der Waals surface area contributed by atoms with Crippen LogP contribution in [-0.2, 0) is 18.5 Å². The van der Waals surface area contributed by atoms with Crippen LogP contribution in [0.3, 0.4) is 0 Å². The van der Waals surface area contributed by atoms with Crippen LogP contribution in [0.15, 0.2) is 60.7 Å². The van der Waals surface area contributed by atoms with E-state index < -0.39 is 24.4 Å². The Kier molecular flexibility index (Phi) is 5.29. The minimum atomic E-state index is -2.20. The van der Waals surface area contributed by atoms with Crippen molar-refractivity contribution in [3.8, 4) is 0 Å². The summed E-state index contributed by atoms with van der Waals surface area (Å²) in [6, 6.07) is 19.9. The first kappa shape index (κ1) is 17.0. The molecule has 0 saturated heterocycles. The zero-order valence-corrected chi connectivity index (χ0v) is 18.5. The van der Waals surface area contributed by atoms with Crippen molar-refractivity contribution >= 4 is 35.1 Å². The van der Waals surface area contributed by atoms with Gasteiger partial charge >= 0.3 is 160 Å². The van der Waals surface area contributed by atoms with Crippen LogP contribution in [0.2, 0.25) is 12.1 Å². The molecule has 0 aromatic heterocycles. The van der Waals surface area contributed by atoms with Gasteiger partial charge in [0.15, 0.2) is 0 Å². The number of hydrogen-bond donors (Lipinski definition) is 0. The third kappa shape index (κ3) is 3.44. The first-order chi connectivity index (χ1) is 11.7. The number of halogens is 2. The van der Waals surface area contributed by atoms with E-state index >= 15 is 0 Å². The fraction of sp³-hybridized carbons (Fsp3) is 0.200. The molecule has 2 aromatic carbocycles. The Balaban J connectivity index is 1.51. The third-order valence-electron chi connectivity index (χ3n) is 5.19. The Bertz CT molecular complexity index is 736. The summed E-state index contributed by atoms with van der Waals surface area (Å²) in [6.07, 6.45) is 9.26. The Hall–Kier alpha value is -0.400. The molecular formula is C20H19Cl2SiZr. The standard InChI is InChI=1S/C20H19Si.2ClH.Zr/c1-3-7-19-15(5-1)9-11-17(19)13-21-14-18-12-10-16-6-2-4-8-20(16)18;;;/h1-12,17-18,21H,13-14H2;2*1H;/q;;;+2/p-2. The molecule has 0 N–H and O–H groups in total. The summed E-state index contributed by atoms with van der Waals surface area (Å²) in [5.74, 6) is -0.0382. The van der Waals surface area contributed by atoms with Crippen molar-refractivity contribution in [2.45, 2.75) is 23.9 Å². The Morgan fingerprint density at radius 3 is 1.67 bits per heavy atom. The van der Waals surface area contributed by atoms with Crippen molar-refractivity contribution < 1.29 is 18.5 Å². The monoisotopic (exact) mass is 447 g/mol. The third-order valence-corrected chi connectivity index (χ3v) is 26.9. The normalized spacial score (nSPS) is 21.6. The number of allylic oxidation sites excluding steroid dienone is 2. The van der Waals surface area contributed by atoms with Crippen molar-refractivity contribution in [3.05, 3.63) is 82.9 Å². The van der Waals surface area contributed by atoms with E-state index in [1.807, 2.05) is 0 Å². The SMILES string of the molecule is [Cl][Zr]([Cl])[SiH](CC1C=Cc2ccccc21)CC1C=Cc2ccccc21. The molecule has 0 bridgehead atoms. The molecule has 2 atom stereocenters. The van der Waals surface area contributed by atoms with Crippen molar-refractivity contribution in [2.75, 3.05) is 0 Å². The molecule has 0 radical (unpaired) electrons. The van der Waals surface area contributed by atoms with Crippen molar-refractivity contribution in [2.24, 2.45) is 0 Å². The molecule has 0 saturated carbocycles. The van der Waals surface area contributed by atoms with E-state index in [0.717, 1.165) is 0 Å². The van der Waals surface area contributed by atoms with E-state index in [2.05, 4.69) is 72.8 Å². The number of benzene rings is 2. The Morgan fingerprint density at radius 1 is 0.750 bits per heavy atom. The molecule has 2 unspecified atom stereocenters. The van der Waals surface area contributed by atoms with E-state index in [1.54, 1.807) is 0 Å². The van der Waals surface area contributed by atoms with E-state index in [4.69, 9.17) is 17.0 Å². The van der Waals surface area contributed by atoms with Crippen LogP contribution in [0.4, 0.5) is 0 Å². The summed E-state index contributed by atoms with van der Waals surface area (Å²) in [5.41, 5.74) is 5.68. The zero-order valence-electron chi connectivity index (χ0n) is 13.3. The van der Waals surface area contributed by atoms with Crippen LogP contribution in [0.25, 0.3) is 12.2 Å². The molecule has 0 amide bonds. The Labute approximate surface area is 159 Å². The van der Waals surface area contributed by atoms with Gasteiger partial charge in [0.2, 0.25) is 0 Å². The number of rotatable bonds is 5. The summed E-state index contributed by atoms with van der Waals surface area (Å²) in [5, 5.41) is 0. The number of fused-ring (bicyclic) bond motifs is 2. The summed E-state index contributed by atoms with van der Waals surface area (Å²) in [4.78, 5) is 0. The van der Waals surface area contributed by atoms with Crippen molar-refractivity contribution in [1.82, 2.24) is 0 Å². The predicted octanol–water partition coefficient (Wildman–Crippen LogP) is 6.26. The van der Waals surface area contributed by atoms with Gasteiger partial charge in [-0.25, -0.2) is 0 Å². The van der Waals surface area contributed by atoms with Crippen LogP contribution in [0.1, 0.15) is 34.1 Å². The molecule has 0 nitrogen and oxygen atoms in total. The van der Waals surface area contributed by atoms with Gasteiger partial charge in [0.05, 0.1) is 0 Å². The predicted molar refractivity (Wildman–Crippen MR) is 105 cm³/mol. The summed E-state index contributed by atoms with van der Waals surface area (Å²) >= 11 is -2.20. The van der Waals surface area contributed by atoms with Crippen LogP contribution >= 0.6 is 17.0 Å². The van der Waals surface area contributed by atoms with Gasteiger partial charge in [0, 0.05) is 0 Å². The molecule has 0 aliphatic heterocycles. The fourth-order valence-electron chi connectivity index (χ4n) is 3.95. The molecule has 2 aliphatic carbocycles. The number of hydrogen-bond acceptors (Lipinski definition) is 0. The molecular weight excluding hydrogens is 430 g/mol. The quantitative estimate of drug-likeness (QED) is 0.473. The molecule has 24 heavy (non-hydrogen) atoms. The first-order valence-corrected chi connectivity index (χ1v) is 21.2. The molecule has 4 rings (SSSR count). The zero-order chi connectivity index (χ0) is 16.5. The Morgan fingerprint density at radius 2 is 1.21 bits per heavy atom. The summed E-state index contributed by atoms with van der Waals surface area (Å²) in [6.45, 7) is 0. The van der Waals surface area contributed by atoms with E-state index in [1.165, 1.54) is 34.3 Å². The van der Waals surface area contributed by atoms with E-state index in [9.17, 15) is 0 Å². The van der Waals surface area contributed by atoms with Crippen LogP contribution in [-0.4, -0.2) is 5.92 Å². The van der Waals surface area contributed by atoms with Gasteiger partial charge in [0.1, 0.15) is 0 Å². The average Bonchev–Trinajstić information content (AvgIpc) is 3.19. The average molecular weight is 450 g/mol. The van der Waals surface area contributed by atoms with Crippen molar-refractivity contribution in [3.63, 3.8) is 0 Å². The van der Waals surface area contributed by atoms with Gasteiger partial charge in [-0.3, -0.25) is 0 Å². The van der Waals surface area contributed by atoms with Gasteiger partial charge < -0.3 is 0 Å². The topological polar surface area (TPSA) is 0 Å². The fourth-order valence-corrected chi connectivity index (χ4v) is 19.2. The summed E-state index contributed by atoms with van der Waals surface area (Å²) in [7, 11) is 13.3. The molecule has 121 valence electrons. The minimum absolute atomic E-state index is 0.534. The van der Waals surface area contributed by atoms with Gasteiger partial charge in [-0.15, -0.1) is 0 Å². The molecule has 0 heterocycles. The summed E-state index contributed by atoms with van der Waals surface area (Å²) < 4.78 is 0. The second-order valence-corrected chi connectivity index (χ2v) is 30.1. The maximum atomic E-state index is 6.63. The molecule has 0 spiro atoms.